The van der Waals surface area contributed by atoms with Crippen LogP contribution in [0.3, 0.4) is 0 Å². The van der Waals surface area contributed by atoms with Crippen molar-refractivity contribution in [1.29, 1.82) is 0 Å². The molecule has 0 saturated carbocycles. The summed E-state index contributed by atoms with van der Waals surface area (Å²) in [6, 6.07) is 0.373. The summed E-state index contributed by atoms with van der Waals surface area (Å²) in [5, 5.41) is 0. The van der Waals surface area contributed by atoms with E-state index >= 15 is 0 Å². The molecule has 0 aromatic carbocycles. The quantitative estimate of drug-likeness (QED) is 0.800. The third-order valence-corrected chi connectivity index (χ3v) is 1.68. The minimum absolute atomic E-state index is 0.0654. The summed E-state index contributed by atoms with van der Waals surface area (Å²) in [7, 11) is 1.32. The molecule has 0 amide bonds. The molecule has 2 N–H and O–H groups in total. The van der Waals surface area contributed by atoms with Gasteiger partial charge in [-0.2, -0.15) is 13.2 Å². The maximum atomic E-state index is 12.2. The highest BCUT2D eigenvalue weighted by Crippen LogP contribution is 2.30. The summed E-state index contributed by atoms with van der Waals surface area (Å²) in [6.07, 6.45) is -3.23. The van der Waals surface area contributed by atoms with Gasteiger partial charge in [-0.1, -0.05) is 0 Å². The molecule has 1 unspecified atom stereocenters. The SMILES string of the molecule is COc1cc(C(N)C(F)(F)F)ccn1. The summed E-state index contributed by atoms with van der Waals surface area (Å²) in [5.41, 5.74) is 4.92. The van der Waals surface area contributed by atoms with Gasteiger partial charge in [-0.3, -0.25) is 0 Å². The smallest absolute Gasteiger partial charge is 0.407 e. The van der Waals surface area contributed by atoms with Crippen LogP contribution in [0.5, 0.6) is 5.88 Å². The van der Waals surface area contributed by atoms with Crippen molar-refractivity contribution in [3.8, 4) is 5.88 Å². The van der Waals surface area contributed by atoms with Gasteiger partial charge in [-0.15, -0.1) is 0 Å². The number of nitrogens with zero attached hydrogens (tertiary/aromatic N) is 1. The Morgan fingerprint density at radius 3 is 2.64 bits per heavy atom. The molecule has 14 heavy (non-hydrogen) atoms. The molecule has 1 atom stereocenters. The minimum atomic E-state index is -4.45. The van der Waals surface area contributed by atoms with Gasteiger partial charge in [0.2, 0.25) is 5.88 Å². The Kier molecular flexibility index (Phi) is 2.95. The number of alkyl halides is 3. The van der Waals surface area contributed by atoms with E-state index in [0.717, 1.165) is 6.07 Å². The predicted octanol–water partition coefficient (Wildman–Crippen LogP) is 1.65. The summed E-state index contributed by atoms with van der Waals surface area (Å²) in [4.78, 5) is 3.68. The van der Waals surface area contributed by atoms with E-state index in [-0.39, 0.29) is 11.4 Å². The lowest BCUT2D eigenvalue weighted by Crippen LogP contribution is -2.28. The molecular formula is C8H9F3N2O. The second-order valence-electron chi connectivity index (χ2n) is 2.65. The average molecular weight is 206 g/mol. The van der Waals surface area contributed by atoms with E-state index < -0.39 is 12.2 Å². The third-order valence-electron chi connectivity index (χ3n) is 1.68. The van der Waals surface area contributed by atoms with Gasteiger partial charge in [0.1, 0.15) is 6.04 Å². The molecule has 6 heteroatoms. The van der Waals surface area contributed by atoms with Crippen LogP contribution >= 0.6 is 0 Å². The summed E-state index contributed by atoms with van der Waals surface area (Å²) in [5.74, 6) is 0.113. The van der Waals surface area contributed by atoms with Crippen molar-refractivity contribution in [3.63, 3.8) is 0 Å². The van der Waals surface area contributed by atoms with E-state index in [9.17, 15) is 13.2 Å². The van der Waals surface area contributed by atoms with E-state index in [2.05, 4.69) is 9.72 Å². The Bertz CT molecular complexity index is 314. The van der Waals surface area contributed by atoms with Crippen molar-refractivity contribution >= 4 is 0 Å². The van der Waals surface area contributed by atoms with E-state index in [0.29, 0.717) is 0 Å². The zero-order valence-electron chi connectivity index (χ0n) is 7.38. The van der Waals surface area contributed by atoms with Crippen LogP contribution in [0, 0.1) is 0 Å². The van der Waals surface area contributed by atoms with Crippen LogP contribution in [-0.4, -0.2) is 18.3 Å². The molecule has 0 aliphatic carbocycles. The molecule has 78 valence electrons. The number of aromatic nitrogens is 1. The van der Waals surface area contributed by atoms with Crippen LogP contribution in [0.25, 0.3) is 0 Å². The summed E-state index contributed by atoms with van der Waals surface area (Å²) >= 11 is 0. The molecule has 0 saturated heterocycles. The van der Waals surface area contributed by atoms with Crippen molar-refractivity contribution in [2.75, 3.05) is 7.11 Å². The first-order chi connectivity index (χ1) is 6.45. The Hall–Kier alpha value is -1.30. The Balaban J connectivity index is 2.95. The number of hydrogen-bond acceptors (Lipinski definition) is 3. The highest BCUT2D eigenvalue weighted by molar-refractivity contribution is 5.24. The fraction of sp³-hybridized carbons (Fsp3) is 0.375. The van der Waals surface area contributed by atoms with E-state index in [1.165, 1.54) is 19.4 Å². The van der Waals surface area contributed by atoms with Gasteiger partial charge in [0.25, 0.3) is 0 Å². The molecule has 3 nitrogen and oxygen atoms in total. The first-order valence-electron chi connectivity index (χ1n) is 3.77. The van der Waals surface area contributed by atoms with Crippen LogP contribution in [0.1, 0.15) is 11.6 Å². The predicted molar refractivity (Wildman–Crippen MR) is 43.8 cm³/mol. The largest absolute Gasteiger partial charge is 0.481 e. The Labute approximate surface area is 78.7 Å². The molecule has 0 spiro atoms. The highest BCUT2D eigenvalue weighted by Gasteiger charge is 2.37. The Morgan fingerprint density at radius 1 is 1.50 bits per heavy atom. The van der Waals surface area contributed by atoms with Gasteiger partial charge in [0.05, 0.1) is 7.11 Å². The summed E-state index contributed by atoms with van der Waals surface area (Å²) in [6.45, 7) is 0. The number of ether oxygens (including phenoxy) is 1. The van der Waals surface area contributed by atoms with Gasteiger partial charge >= 0.3 is 6.18 Å². The van der Waals surface area contributed by atoms with Gasteiger partial charge in [-0.05, 0) is 11.6 Å². The molecule has 1 heterocycles. The number of nitrogens with two attached hydrogens (primary N) is 1. The normalized spacial score (nSPS) is 13.8. The van der Waals surface area contributed by atoms with Gasteiger partial charge in [0.15, 0.2) is 0 Å². The number of rotatable bonds is 2. The maximum Gasteiger partial charge on any atom is 0.407 e. The lowest BCUT2D eigenvalue weighted by atomic mass is 10.1. The highest BCUT2D eigenvalue weighted by atomic mass is 19.4. The van der Waals surface area contributed by atoms with Gasteiger partial charge < -0.3 is 10.5 Å². The number of pyridine rings is 1. The van der Waals surface area contributed by atoms with Crippen LogP contribution in [0.15, 0.2) is 18.3 Å². The minimum Gasteiger partial charge on any atom is -0.481 e. The lowest BCUT2D eigenvalue weighted by molar-refractivity contribution is -0.149. The zero-order chi connectivity index (χ0) is 10.8. The molecule has 1 aromatic rings. The zero-order valence-corrected chi connectivity index (χ0v) is 7.38. The van der Waals surface area contributed by atoms with E-state index in [1.54, 1.807) is 0 Å². The van der Waals surface area contributed by atoms with Crippen molar-refractivity contribution in [3.05, 3.63) is 23.9 Å². The van der Waals surface area contributed by atoms with Crippen LogP contribution < -0.4 is 10.5 Å². The molecule has 1 rings (SSSR count). The molecule has 0 aliphatic heterocycles. The number of halogens is 3. The van der Waals surface area contributed by atoms with Crippen molar-refractivity contribution < 1.29 is 17.9 Å². The van der Waals surface area contributed by atoms with Gasteiger partial charge in [-0.25, -0.2) is 4.98 Å². The van der Waals surface area contributed by atoms with Crippen molar-refractivity contribution in [1.82, 2.24) is 4.98 Å². The topological polar surface area (TPSA) is 48.1 Å². The molecule has 0 radical (unpaired) electrons. The first-order valence-corrected chi connectivity index (χ1v) is 3.77. The van der Waals surface area contributed by atoms with E-state index in [4.69, 9.17) is 5.73 Å². The third kappa shape index (κ3) is 2.35. The monoisotopic (exact) mass is 206 g/mol. The van der Waals surface area contributed by atoms with Crippen LogP contribution in [-0.2, 0) is 0 Å². The number of hydrogen-bond donors (Lipinski definition) is 1. The lowest BCUT2D eigenvalue weighted by Gasteiger charge is -2.15. The fourth-order valence-corrected chi connectivity index (χ4v) is 0.919. The van der Waals surface area contributed by atoms with Crippen molar-refractivity contribution in [2.45, 2.75) is 12.2 Å². The first kappa shape index (κ1) is 10.8. The second-order valence-corrected chi connectivity index (χ2v) is 2.65. The molecular weight excluding hydrogens is 197 g/mol. The maximum absolute atomic E-state index is 12.2. The van der Waals surface area contributed by atoms with E-state index in [1.807, 2.05) is 0 Å². The van der Waals surface area contributed by atoms with Crippen LogP contribution in [0.4, 0.5) is 13.2 Å². The standard InChI is InChI=1S/C8H9F3N2O/c1-14-6-4-5(2-3-13-6)7(12)8(9,10)11/h2-4,7H,12H2,1H3. The average Bonchev–Trinajstić information content (AvgIpc) is 2.15. The molecule has 1 aromatic heterocycles. The molecule has 0 fully saturated rings. The summed E-state index contributed by atoms with van der Waals surface area (Å²) < 4.78 is 41.2. The van der Waals surface area contributed by atoms with Gasteiger partial charge in [0, 0.05) is 12.3 Å². The second kappa shape index (κ2) is 3.83. The molecule has 0 aliphatic rings. The Morgan fingerprint density at radius 2 is 2.14 bits per heavy atom. The van der Waals surface area contributed by atoms with Crippen LogP contribution in [0.2, 0.25) is 0 Å². The fourth-order valence-electron chi connectivity index (χ4n) is 0.919. The molecule has 0 bridgehead atoms. The number of methoxy groups -OCH3 is 1. The van der Waals surface area contributed by atoms with Crippen molar-refractivity contribution in [2.24, 2.45) is 5.73 Å².